The molecule has 6 rings (SSSR count). The molecule has 5 heteroatoms. The predicted octanol–water partition coefficient (Wildman–Crippen LogP) is 7.24. The van der Waals surface area contributed by atoms with Crippen molar-refractivity contribution in [1.29, 1.82) is 0 Å². The van der Waals surface area contributed by atoms with Crippen LogP contribution in [-0.2, 0) is 10.8 Å². The van der Waals surface area contributed by atoms with Crippen molar-refractivity contribution >= 4 is 30.5 Å². The fourth-order valence-corrected chi connectivity index (χ4v) is 12.6. The van der Waals surface area contributed by atoms with Gasteiger partial charge in [-0.2, -0.15) is 0 Å². The highest BCUT2D eigenvalue weighted by atomic mass is 28.4. The minimum Gasteiger partial charge on any atom is -0.427 e. The summed E-state index contributed by atoms with van der Waals surface area (Å²) in [6.45, 7) is 9.86. The van der Waals surface area contributed by atoms with Crippen LogP contribution in [0.25, 0.3) is 6.08 Å². The molecule has 41 heavy (non-hydrogen) atoms. The van der Waals surface area contributed by atoms with Crippen molar-refractivity contribution in [1.82, 2.24) is 0 Å². The van der Waals surface area contributed by atoms with Crippen LogP contribution in [0.5, 0.6) is 0 Å². The summed E-state index contributed by atoms with van der Waals surface area (Å²) >= 11 is 0. The summed E-state index contributed by atoms with van der Waals surface area (Å²) in [4.78, 5) is 16.0. The number of hydrogen-bond acceptors (Lipinski definition) is 4. The molecule has 0 radical (unpaired) electrons. The highest BCUT2D eigenvalue weighted by molar-refractivity contribution is 6.99. The third kappa shape index (κ3) is 4.75. The molecule has 0 N–H and O–H groups in total. The van der Waals surface area contributed by atoms with E-state index < -0.39 is 8.32 Å². The number of rotatable bonds is 8. The van der Waals surface area contributed by atoms with Crippen molar-refractivity contribution in [3.63, 3.8) is 0 Å². The Labute approximate surface area is 246 Å². The van der Waals surface area contributed by atoms with Crippen LogP contribution in [0.3, 0.4) is 0 Å². The van der Waals surface area contributed by atoms with Gasteiger partial charge in [-0.3, -0.25) is 0 Å². The minimum absolute atomic E-state index is 0.000534. The van der Waals surface area contributed by atoms with Gasteiger partial charge in [0.25, 0.3) is 8.32 Å². The first kappa shape index (κ1) is 28.2. The van der Waals surface area contributed by atoms with E-state index in [0.29, 0.717) is 6.61 Å². The Kier molecular flexibility index (Phi) is 7.62. The molecule has 2 fully saturated rings. The van der Waals surface area contributed by atoms with Crippen LogP contribution in [0.2, 0.25) is 5.04 Å². The first-order valence-electron chi connectivity index (χ1n) is 15.7. The third-order valence-corrected chi connectivity index (χ3v) is 14.9. The van der Waals surface area contributed by atoms with Crippen molar-refractivity contribution in [2.45, 2.75) is 102 Å². The molecule has 2 atom stereocenters. The van der Waals surface area contributed by atoms with Crippen LogP contribution in [0.4, 0.5) is 5.69 Å². The van der Waals surface area contributed by atoms with Crippen molar-refractivity contribution < 1.29 is 8.84 Å². The largest absolute Gasteiger partial charge is 0.427 e. The Hall–Kier alpha value is -2.89. The Bertz CT molecular complexity index is 1420. The number of benzene rings is 2. The maximum Gasteiger partial charge on any atom is 0.345 e. The van der Waals surface area contributed by atoms with Gasteiger partial charge in [-0.25, -0.2) is 4.79 Å². The molecule has 0 amide bonds. The number of anilines is 1. The SMILES string of the molecule is CCCCc1cc2c(c(=O)o1)C=C1CCCC[C@@]13CC[C@H](CO[Si](c1ccccc1)(c1ccccc1)C(C)(C)C)N23. The van der Waals surface area contributed by atoms with E-state index in [9.17, 15) is 4.79 Å². The van der Waals surface area contributed by atoms with Gasteiger partial charge < -0.3 is 13.7 Å². The lowest BCUT2D eigenvalue weighted by atomic mass is 9.73. The van der Waals surface area contributed by atoms with Gasteiger partial charge in [-0.05, 0) is 65.6 Å². The van der Waals surface area contributed by atoms with Gasteiger partial charge in [0.1, 0.15) is 5.76 Å². The Balaban J connectivity index is 1.43. The van der Waals surface area contributed by atoms with E-state index in [0.717, 1.165) is 62.0 Å². The number of unbranched alkanes of at least 4 members (excludes halogenated alkanes) is 1. The van der Waals surface area contributed by atoms with Gasteiger partial charge >= 0.3 is 5.63 Å². The Morgan fingerprint density at radius 3 is 2.32 bits per heavy atom. The maximum atomic E-state index is 13.4. The molecule has 1 aromatic heterocycles. The second-order valence-electron chi connectivity index (χ2n) is 13.3. The summed E-state index contributed by atoms with van der Waals surface area (Å²) in [5.74, 6) is 0.817. The monoisotopic (exact) mass is 567 g/mol. The van der Waals surface area contributed by atoms with Crippen molar-refractivity contribution in [3.8, 4) is 0 Å². The quantitative estimate of drug-likeness (QED) is 0.269. The van der Waals surface area contributed by atoms with E-state index in [1.807, 2.05) is 0 Å². The molecular formula is C36H45NO3Si. The second kappa shape index (κ2) is 11.1. The summed E-state index contributed by atoms with van der Waals surface area (Å²) < 4.78 is 13.4. The highest BCUT2D eigenvalue weighted by Gasteiger charge is 2.55. The van der Waals surface area contributed by atoms with E-state index in [1.54, 1.807) is 0 Å². The molecule has 1 spiro atoms. The normalized spacial score (nSPS) is 22.1. The highest BCUT2D eigenvalue weighted by Crippen LogP contribution is 2.54. The number of nitrogens with zero attached hydrogens (tertiary/aromatic N) is 1. The molecule has 2 aliphatic heterocycles. The van der Waals surface area contributed by atoms with Gasteiger partial charge in [0.05, 0.1) is 29.4 Å². The van der Waals surface area contributed by atoms with Crippen LogP contribution < -0.4 is 20.9 Å². The van der Waals surface area contributed by atoms with Crippen LogP contribution >= 0.6 is 0 Å². The molecule has 3 aliphatic rings. The molecule has 1 aliphatic carbocycles. The zero-order valence-corrected chi connectivity index (χ0v) is 26.2. The topological polar surface area (TPSA) is 42.7 Å². The average molecular weight is 568 g/mol. The van der Waals surface area contributed by atoms with E-state index in [-0.39, 0.29) is 22.2 Å². The molecular weight excluding hydrogens is 522 g/mol. The molecule has 0 unspecified atom stereocenters. The van der Waals surface area contributed by atoms with Crippen molar-refractivity contribution in [2.24, 2.45) is 0 Å². The lowest BCUT2D eigenvalue weighted by molar-refractivity contribution is 0.264. The number of aryl methyl sites for hydroxylation is 1. The van der Waals surface area contributed by atoms with E-state index in [2.05, 4.69) is 105 Å². The third-order valence-electron chi connectivity index (χ3n) is 9.88. The van der Waals surface area contributed by atoms with Gasteiger partial charge in [0.2, 0.25) is 0 Å². The maximum absolute atomic E-state index is 13.4. The molecule has 2 aromatic carbocycles. The van der Waals surface area contributed by atoms with Crippen LogP contribution in [0.15, 0.2) is 81.5 Å². The summed E-state index contributed by atoms with van der Waals surface area (Å²) in [6, 6.07) is 24.3. The summed E-state index contributed by atoms with van der Waals surface area (Å²) in [5.41, 5.74) is 3.07. The zero-order valence-electron chi connectivity index (χ0n) is 25.2. The van der Waals surface area contributed by atoms with Crippen LogP contribution in [0.1, 0.15) is 90.4 Å². The molecule has 4 nitrogen and oxygen atoms in total. The average Bonchev–Trinajstić information content (AvgIpc) is 3.35. The van der Waals surface area contributed by atoms with E-state index in [1.165, 1.54) is 28.8 Å². The Morgan fingerprint density at radius 2 is 1.68 bits per heavy atom. The van der Waals surface area contributed by atoms with Gasteiger partial charge in [0.15, 0.2) is 0 Å². The first-order valence-corrected chi connectivity index (χ1v) is 17.6. The molecule has 3 aromatic rings. The van der Waals surface area contributed by atoms with Gasteiger partial charge in [-0.15, -0.1) is 0 Å². The molecule has 1 saturated heterocycles. The lowest BCUT2D eigenvalue weighted by Gasteiger charge is -2.50. The minimum atomic E-state index is -2.67. The summed E-state index contributed by atoms with van der Waals surface area (Å²) in [5, 5.41) is 2.55. The summed E-state index contributed by atoms with van der Waals surface area (Å²) in [6.07, 6.45) is 11.9. The van der Waals surface area contributed by atoms with Gasteiger partial charge in [-0.1, -0.05) is 101 Å². The zero-order chi connectivity index (χ0) is 28.7. The first-order chi connectivity index (χ1) is 19.8. The Morgan fingerprint density at radius 1 is 1.00 bits per heavy atom. The molecule has 216 valence electrons. The van der Waals surface area contributed by atoms with E-state index >= 15 is 0 Å². The molecule has 3 heterocycles. The fraction of sp³-hybridized carbons (Fsp3) is 0.472. The molecule has 0 bridgehead atoms. The number of hydrogen-bond donors (Lipinski definition) is 0. The smallest absolute Gasteiger partial charge is 0.345 e. The second-order valence-corrected chi connectivity index (χ2v) is 17.7. The van der Waals surface area contributed by atoms with Crippen molar-refractivity contribution in [3.05, 3.63) is 94.0 Å². The lowest BCUT2D eigenvalue weighted by Crippen LogP contribution is -2.67. The van der Waals surface area contributed by atoms with Crippen LogP contribution in [0, 0.1) is 0 Å². The van der Waals surface area contributed by atoms with E-state index in [4.69, 9.17) is 8.84 Å². The summed E-state index contributed by atoms with van der Waals surface area (Å²) in [7, 11) is -2.67. The van der Waals surface area contributed by atoms with Gasteiger partial charge in [0, 0.05) is 12.5 Å². The number of fused-ring (bicyclic) bond motifs is 2. The fourth-order valence-electron chi connectivity index (χ4n) is 7.98. The van der Waals surface area contributed by atoms with Crippen LogP contribution in [-0.4, -0.2) is 26.5 Å². The molecule has 1 saturated carbocycles. The standard InChI is InChI=1S/C36H45NO3Si/c1-5-6-16-29-25-33-32(34(38)40-29)24-27-15-13-14-22-36(27)23-21-28(37(33)36)26-39-41(35(2,3)4,30-17-9-7-10-18-30)31-19-11-8-12-20-31/h7-12,17-20,24-25,28H,5-6,13-16,21-23,26H2,1-4H3/t28-,36-/m1/s1. The van der Waals surface area contributed by atoms with Crippen molar-refractivity contribution in [2.75, 3.05) is 11.5 Å². The predicted molar refractivity (Wildman–Crippen MR) is 172 cm³/mol.